The number of nitrogens with two attached hydrogens (primary N) is 1. The van der Waals surface area contributed by atoms with Crippen LogP contribution in [0.3, 0.4) is 0 Å². The summed E-state index contributed by atoms with van der Waals surface area (Å²) in [5.74, 6) is -0.193. The second kappa shape index (κ2) is 7.38. The summed E-state index contributed by atoms with van der Waals surface area (Å²) in [5.41, 5.74) is 5.13. The van der Waals surface area contributed by atoms with E-state index in [0.717, 1.165) is 23.4 Å². The van der Waals surface area contributed by atoms with Crippen molar-refractivity contribution in [3.63, 3.8) is 0 Å². The number of benzene rings is 1. The predicted molar refractivity (Wildman–Crippen MR) is 89.7 cm³/mol. The highest BCUT2D eigenvalue weighted by Gasteiger charge is 2.42. The number of anilines is 1. The number of hydrogen-bond donors (Lipinski definition) is 3. The van der Waals surface area contributed by atoms with Crippen molar-refractivity contribution in [3.05, 3.63) is 24.3 Å². The van der Waals surface area contributed by atoms with Crippen molar-refractivity contribution >= 4 is 29.3 Å². The number of para-hydroxylation sites is 1. The minimum atomic E-state index is -0.793. The van der Waals surface area contributed by atoms with Gasteiger partial charge in [-0.05, 0) is 37.8 Å². The van der Waals surface area contributed by atoms with Gasteiger partial charge in [-0.25, -0.2) is 0 Å². The lowest BCUT2D eigenvalue weighted by atomic mass is 9.98. The van der Waals surface area contributed by atoms with Crippen molar-refractivity contribution in [2.45, 2.75) is 30.2 Å². The van der Waals surface area contributed by atoms with Crippen LogP contribution in [-0.2, 0) is 9.59 Å². The summed E-state index contributed by atoms with van der Waals surface area (Å²) >= 11 is 1.32. The van der Waals surface area contributed by atoms with Gasteiger partial charge in [-0.15, -0.1) is 11.8 Å². The van der Waals surface area contributed by atoms with E-state index in [9.17, 15) is 14.9 Å². The van der Waals surface area contributed by atoms with Gasteiger partial charge < -0.3 is 16.4 Å². The molecule has 1 saturated carbocycles. The number of nitriles is 1. The largest absolute Gasteiger partial charge is 0.375 e. The van der Waals surface area contributed by atoms with E-state index < -0.39 is 11.4 Å². The van der Waals surface area contributed by atoms with E-state index in [4.69, 9.17) is 5.73 Å². The first-order valence-electron chi connectivity index (χ1n) is 7.41. The summed E-state index contributed by atoms with van der Waals surface area (Å²) in [7, 11) is 0. The number of rotatable bonds is 8. The summed E-state index contributed by atoms with van der Waals surface area (Å²) in [5, 5.41) is 15.1. The van der Waals surface area contributed by atoms with Crippen LogP contribution in [0.4, 0.5) is 5.69 Å². The molecule has 0 heterocycles. The molecule has 1 aromatic rings. The Morgan fingerprint density at radius 3 is 2.74 bits per heavy atom. The van der Waals surface area contributed by atoms with Crippen LogP contribution in [0, 0.1) is 17.2 Å². The zero-order valence-electron chi connectivity index (χ0n) is 13.0. The van der Waals surface area contributed by atoms with Gasteiger partial charge in [0.15, 0.2) is 0 Å². The SMILES string of the molecule is CC(C#N)(NC(=O)CNc1ccccc1SCC(N)=O)C1CC1. The summed E-state index contributed by atoms with van der Waals surface area (Å²) in [4.78, 5) is 23.8. The van der Waals surface area contributed by atoms with E-state index >= 15 is 0 Å². The molecule has 7 heteroatoms. The standard InChI is InChI=1S/C16H20N4O2S/c1-16(10-17,11-6-7-11)20-15(22)8-19-12-4-2-3-5-13(12)23-9-14(18)21/h2-5,11,19H,6-9H2,1H3,(H2,18,21)(H,20,22). The lowest BCUT2D eigenvalue weighted by molar-refractivity contribution is -0.120. The number of carbonyl (C=O) groups excluding carboxylic acids is 2. The molecule has 1 aliphatic rings. The second-order valence-electron chi connectivity index (χ2n) is 5.74. The molecule has 0 radical (unpaired) electrons. The van der Waals surface area contributed by atoms with E-state index in [1.807, 2.05) is 24.3 Å². The molecule has 1 fully saturated rings. The van der Waals surface area contributed by atoms with Crippen LogP contribution in [-0.4, -0.2) is 29.7 Å². The van der Waals surface area contributed by atoms with Gasteiger partial charge in [0.2, 0.25) is 11.8 Å². The topological polar surface area (TPSA) is 108 Å². The fraction of sp³-hybridized carbons (Fsp3) is 0.438. The van der Waals surface area contributed by atoms with E-state index in [2.05, 4.69) is 16.7 Å². The fourth-order valence-corrected chi connectivity index (χ4v) is 3.05. The Hall–Kier alpha value is -2.20. The average molecular weight is 332 g/mol. The van der Waals surface area contributed by atoms with Crippen molar-refractivity contribution in [1.29, 1.82) is 5.26 Å². The molecular formula is C16H20N4O2S. The molecule has 0 aliphatic heterocycles. The van der Waals surface area contributed by atoms with Gasteiger partial charge in [0.1, 0.15) is 5.54 Å². The minimum absolute atomic E-state index is 0.0676. The minimum Gasteiger partial charge on any atom is -0.375 e. The molecule has 6 nitrogen and oxygen atoms in total. The van der Waals surface area contributed by atoms with Gasteiger partial charge in [-0.2, -0.15) is 5.26 Å². The van der Waals surface area contributed by atoms with Gasteiger partial charge in [0, 0.05) is 10.6 Å². The number of primary amides is 1. The van der Waals surface area contributed by atoms with Gasteiger partial charge in [0.05, 0.1) is 18.4 Å². The van der Waals surface area contributed by atoms with Crippen molar-refractivity contribution < 1.29 is 9.59 Å². The van der Waals surface area contributed by atoms with Crippen molar-refractivity contribution in [2.24, 2.45) is 11.7 Å². The first kappa shape index (κ1) is 17.2. The molecule has 1 aliphatic carbocycles. The molecule has 0 aromatic heterocycles. The number of nitrogens with one attached hydrogen (secondary N) is 2. The van der Waals surface area contributed by atoms with Gasteiger partial charge in [0.25, 0.3) is 0 Å². The van der Waals surface area contributed by atoms with Crippen molar-refractivity contribution in [1.82, 2.24) is 5.32 Å². The third-order valence-electron chi connectivity index (χ3n) is 3.72. The molecule has 2 rings (SSSR count). The van der Waals surface area contributed by atoms with Crippen LogP contribution < -0.4 is 16.4 Å². The first-order chi connectivity index (χ1) is 10.9. The number of thioether (sulfide) groups is 1. The fourth-order valence-electron chi connectivity index (χ4n) is 2.28. The normalized spacial score (nSPS) is 16.0. The summed E-state index contributed by atoms with van der Waals surface area (Å²) in [6, 6.07) is 9.59. The summed E-state index contributed by atoms with van der Waals surface area (Å²) in [6.07, 6.45) is 1.95. The molecular weight excluding hydrogens is 312 g/mol. The first-order valence-corrected chi connectivity index (χ1v) is 8.39. The molecule has 1 aromatic carbocycles. The number of nitrogens with zero attached hydrogens (tertiary/aromatic N) is 1. The van der Waals surface area contributed by atoms with E-state index in [1.54, 1.807) is 6.92 Å². The molecule has 0 saturated heterocycles. The Balaban J connectivity index is 1.91. The molecule has 0 spiro atoms. The summed E-state index contributed by atoms with van der Waals surface area (Å²) in [6.45, 7) is 1.83. The van der Waals surface area contributed by atoms with Crippen LogP contribution >= 0.6 is 11.8 Å². The quantitative estimate of drug-likeness (QED) is 0.625. The number of amides is 2. The monoisotopic (exact) mass is 332 g/mol. The van der Waals surface area contributed by atoms with E-state index in [0.29, 0.717) is 0 Å². The molecule has 2 amide bonds. The molecule has 1 atom stereocenters. The summed E-state index contributed by atoms with van der Waals surface area (Å²) < 4.78 is 0. The highest BCUT2D eigenvalue weighted by atomic mass is 32.2. The molecule has 4 N–H and O–H groups in total. The Bertz CT molecular complexity index is 639. The Kier molecular flexibility index (Phi) is 5.50. The average Bonchev–Trinajstić information content (AvgIpc) is 3.36. The van der Waals surface area contributed by atoms with Crippen LogP contribution in [0.15, 0.2) is 29.2 Å². The van der Waals surface area contributed by atoms with E-state index in [1.165, 1.54) is 11.8 Å². The lowest BCUT2D eigenvalue weighted by Gasteiger charge is -2.23. The Morgan fingerprint density at radius 1 is 1.43 bits per heavy atom. The van der Waals surface area contributed by atoms with Gasteiger partial charge in [-0.3, -0.25) is 9.59 Å². The third kappa shape index (κ3) is 4.89. The lowest BCUT2D eigenvalue weighted by Crippen LogP contribution is -2.48. The highest BCUT2D eigenvalue weighted by Crippen LogP contribution is 2.39. The molecule has 0 bridgehead atoms. The molecule has 122 valence electrons. The number of carbonyl (C=O) groups is 2. The predicted octanol–water partition coefficient (Wildman–Crippen LogP) is 1.48. The van der Waals surface area contributed by atoms with Crippen LogP contribution in [0.2, 0.25) is 0 Å². The van der Waals surface area contributed by atoms with E-state index in [-0.39, 0.29) is 24.1 Å². The zero-order chi connectivity index (χ0) is 16.9. The maximum atomic E-state index is 12.1. The maximum absolute atomic E-state index is 12.1. The van der Waals surface area contributed by atoms with Crippen molar-refractivity contribution in [2.75, 3.05) is 17.6 Å². The Labute approximate surface area is 139 Å². The number of hydrogen-bond acceptors (Lipinski definition) is 5. The smallest absolute Gasteiger partial charge is 0.240 e. The van der Waals surface area contributed by atoms with Crippen molar-refractivity contribution in [3.8, 4) is 6.07 Å². The zero-order valence-corrected chi connectivity index (χ0v) is 13.8. The molecule has 1 unspecified atom stereocenters. The van der Waals surface area contributed by atoms with Gasteiger partial charge in [-0.1, -0.05) is 12.1 Å². The van der Waals surface area contributed by atoms with Crippen LogP contribution in [0.1, 0.15) is 19.8 Å². The maximum Gasteiger partial charge on any atom is 0.240 e. The highest BCUT2D eigenvalue weighted by molar-refractivity contribution is 8.00. The van der Waals surface area contributed by atoms with Crippen LogP contribution in [0.25, 0.3) is 0 Å². The molecule has 23 heavy (non-hydrogen) atoms. The third-order valence-corrected chi connectivity index (χ3v) is 4.82. The Morgan fingerprint density at radius 2 is 2.13 bits per heavy atom. The van der Waals surface area contributed by atoms with Gasteiger partial charge >= 0.3 is 0 Å². The van der Waals surface area contributed by atoms with Crippen LogP contribution in [0.5, 0.6) is 0 Å². The second-order valence-corrected chi connectivity index (χ2v) is 6.76.